The van der Waals surface area contributed by atoms with Crippen LogP contribution >= 0.6 is 0 Å². The zero-order valence-corrected chi connectivity index (χ0v) is 11.2. The molecule has 0 radical (unpaired) electrons. The second-order valence-corrected chi connectivity index (χ2v) is 4.40. The minimum absolute atomic E-state index is 0.0983. The first-order chi connectivity index (χ1) is 10.4. The number of nitro groups is 1. The number of ether oxygens (including phenoxy) is 1. The molecule has 0 saturated carbocycles. The molecule has 2 aromatic rings. The van der Waals surface area contributed by atoms with Crippen LogP contribution in [0.3, 0.4) is 0 Å². The highest BCUT2D eigenvalue weighted by molar-refractivity contribution is 5.32. The number of aromatic nitrogens is 1. The standard InChI is InChI=1S/C14H11F3N2O3/c15-14(16,17)11-3-1-10(2-4-11)6-8-22-13-9-12(19(20)21)5-7-18-13/h1-5,7,9H,6,8H2. The Hall–Kier alpha value is -2.64. The van der Waals surface area contributed by atoms with Crippen molar-refractivity contribution in [3.8, 4) is 5.88 Å². The molecule has 0 aliphatic carbocycles. The number of nitrogens with zero attached hydrogens (tertiary/aromatic N) is 2. The molecule has 0 spiro atoms. The molecule has 1 aromatic carbocycles. The first-order valence-corrected chi connectivity index (χ1v) is 6.25. The summed E-state index contributed by atoms with van der Waals surface area (Å²) >= 11 is 0. The predicted octanol–water partition coefficient (Wildman–Crippen LogP) is 3.63. The topological polar surface area (TPSA) is 65.3 Å². The average molecular weight is 312 g/mol. The van der Waals surface area contributed by atoms with Crippen LogP contribution in [0.4, 0.5) is 18.9 Å². The van der Waals surface area contributed by atoms with Crippen LogP contribution < -0.4 is 4.74 Å². The van der Waals surface area contributed by atoms with Crippen molar-refractivity contribution < 1.29 is 22.8 Å². The maximum atomic E-state index is 12.4. The smallest absolute Gasteiger partial charge is 0.416 e. The first-order valence-electron chi connectivity index (χ1n) is 6.25. The second kappa shape index (κ2) is 6.42. The zero-order valence-electron chi connectivity index (χ0n) is 11.2. The van der Waals surface area contributed by atoms with E-state index in [1.165, 1.54) is 30.5 Å². The van der Waals surface area contributed by atoms with E-state index in [0.717, 1.165) is 12.1 Å². The molecule has 0 bridgehead atoms. The Labute approximate surface area is 123 Å². The number of hydrogen-bond acceptors (Lipinski definition) is 4. The third kappa shape index (κ3) is 4.18. The number of pyridine rings is 1. The average Bonchev–Trinajstić information content (AvgIpc) is 2.47. The van der Waals surface area contributed by atoms with Crippen molar-refractivity contribution in [2.75, 3.05) is 6.61 Å². The van der Waals surface area contributed by atoms with Gasteiger partial charge in [0.1, 0.15) is 0 Å². The lowest BCUT2D eigenvalue weighted by Gasteiger charge is -2.08. The molecule has 1 heterocycles. The molecule has 0 aliphatic heterocycles. The van der Waals surface area contributed by atoms with Gasteiger partial charge in [0.15, 0.2) is 0 Å². The molecule has 8 heteroatoms. The summed E-state index contributed by atoms with van der Waals surface area (Å²) in [5.41, 5.74) is -0.185. The lowest BCUT2D eigenvalue weighted by atomic mass is 10.1. The molecule has 2 rings (SSSR count). The van der Waals surface area contributed by atoms with Gasteiger partial charge >= 0.3 is 6.18 Å². The van der Waals surface area contributed by atoms with E-state index >= 15 is 0 Å². The Kier molecular flexibility index (Phi) is 4.59. The van der Waals surface area contributed by atoms with Gasteiger partial charge < -0.3 is 4.74 Å². The molecule has 0 saturated heterocycles. The van der Waals surface area contributed by atoms with E-state index in [9.17, 15) is 23.3 Å². The lowest BCUT2D eigenvalue weighted by Crippen LogP contribution is -2.06. The van der Waals surface area contributed by atoms with Crippen molar-refractivity contribution in [3.05, 3.63) is 63.8 Å². The van der Waals surface area contributed by atoms with Gasteiger partial charge in [0.25, 0.3) is 5.69 Å². The van der Waals surface area contributed by atoms with Crippen LogP contribution in [0, 0.1) is 10.1 Å². The molecule has 116 valence electrons. The molecular weight excluding hydrogens is 301 g/mol. The highest BCUT2D eigenvalue weighted by Gasteiger charge is 2.29. The molecule has 0 aliphatic rings. The van der Waals surface area contributed by atoms with Crippen molar-refractivity contribution in [1.82, 2.24) is 4.98 Å². The van der Waals surface area contributed by atoms with Crippen molar-refractivity contribution in [3.63, 3.8) is 0 Å². The number of halogens is 3. The molecule has 0 N–H and O–H groups in total. The minimum Gasteiger partial charge on any atom is -0.477 e. The molecule has 0 fully saturated rings. The zero-order chi connectivity index (χ0) is 16.2. The fourth-order valence-electron chi connectivity index (χ4n) is 1.73. The largest absolute Gasteiger partial charge is 0.477 e. The first kappa shape index (κ1) is 15.7. The number of rotatable bonds is 5. The van der Waals surface area contributed by atoms with Gasteiger partial charge in [0, 0.05) is 18.7 Å². The summed E-state index contributed by atoms with van der Waals surface area (Å²) in [5.74, 6) is 0.0983. The van der Waals surface area contributed by atoms with Crippen LogP contribution in [0.5, 0.6) is 5.88 Å². The molecule has 5 nitrogen and oxygen atoms in total. The van der Waals surface area contributed by atoms with Gasteiger partial charge in [0.2, 0.25) is 5.88 Å². The van der Waals surface area contributed by atoms with E-state index in [1.54, 1.807) is 0 Å². The van der Waals surface area contributed by atoms with Gasteiger partial charge in [-0.15, -0.1) is 0 Å². The van der Waals surface area contributed by atoms with Gasteiger partial charge in [-0.25, -0.2) is 4.98 Å². The van der Waals surface area contributed by atoms with Crippen LogP contribution in [0.15, 0.2) is 42.6 Å². The van der Waals surface area contributed by atoms with Crippen LogP contribution in [-0.2, 0) is 12.6 Å². The fraction of sp³-hybridized carbons (Fsp3) is 0.214. The lowest BCUT2D eigenvalue weighted by molar-refractivity contribution is -0.385. The molecular formula is C14H11F3N2O3. The van der Waals surface area contributed by atoms with E-state index in [1.807, 2.05) is 0 Å². The highest BCUT2D eigenvalue weighted by atomic mass is 19.4. The summed E-state index contributed by atoms with van der Waals surface area (Å²) in [4.78, 5) is 13.9. The summed E-state index contributed by atoms with van der Waals surface area (Å²) in [7, 11) is 0. The third-order valence-corrected chi connectivity index (χ3v) is 2.85. The van der Waals surface area contributed by atoms with Gasteiger partial charge in [-0.2, -0.15) is 13.2 Å². The normalized spacial score (nSPS) is 11.2. The van der Waals surface area contributed by atoms with Crippen LogP contribution in [0.2, 0.25) is 0 Å². The number of hydrogen-bond donors (Lipinski definition) is 0. The molecule has 22 heavy (non-hydrogen) atoms. The fourth-order valence-corrected chi connectivity index (χ4v) is 1.73. The molecule has 0 amide bonds. The Morgan fingerprint density at radius 3 is 2.45 bits per heavy atom. The Morgan fingerprint density at radius 2 is 1.86 bits per heavy atom. The van der Waals surface area contributed by atoms with Gasteiger partial charge in [-0.05, 0) is 17.7 Å². The van der Waals surface area contributed by atoms with E-state index in [0.29, 0.717) is 12.0 Å². The van der Waals surface area contributed by atoms with E-state index in [2.05, 4.69) is 4.98 Å². The van der Waals surface area contributed by atoms with Crippen LogP contribution in [0.25, 0.3) is 0 Å². The summed E-state index contributed by atoms with van der Waals surface area (Å²) < 4.78 is 42.5. The summed E-state index contributed by atoms with van der Waals surface area (Å²) in [6.45, 7) is 0.152. The molecule has 0 atom stereocenters. The van der Waals surface area contributed by atoms with Gasteiger partial charge in [0.05, 0.1) is 23.2 Å². The highest BCUT2D eigenvalue weighted by Crippen LogP contribution is 2.29. The van der Waals surface area contributed by atoms with Crippen molar-refractivity contribution in [2.45, 2.75) is 12.6 Å². The second-order valence-electron chi connectivity index (χ2n) is 4.40. The minimum atomic E-state index is -4.36. The summed E-state index contributed by atoms with van der Waals surface area (Å²) in [6, 6.07) is 7.16. The number of benzene rings is 1. The van der Waals surface area contributed by atoms with E-state index in [4.69, 9.17) is 4.74 Å². The maximum absolute atomic E-state index is 12.4. The van der Waals surface area contributed by atoms with Crippen LogP contribution in [-0.4, -0.2) is 16.5 Å². The number of alkyl halides is 3. The Morgan fingerprint density at radius 1 is 1.18 bits per heavy atom. The van der Waals surface area contributed by atoms with Gasteiger partial charge in [-0.3, -0.25) is 10.1 Å². The third-order valence-electron chi connectivity index (χ3n) is 2.85. The summed E-state index contributed by atoms with van der Waals surface area (Å²) in [5, 5.41) is 10.6. The Bertz CT molecular complexity index is 657. The Balaban J connectivity index is 1.91. The molecule has 0 unspecified atom stereocenters. The maximum Gasteiger partial charge on any atom is 0.416 e. The van der Waals surface area contributed by atoms with E-state index < -0.39 is 16.7 Å². The quantitative estimate of drug-likeness (QED) is 0.624. The monoisotopic (exact) mass is 312 g/mol. The van der Waals surface area contributed by atoms with Crippen molar-refractivity contribution >= 4 is 5.69 Å². The molecule has 1 aromatic heterocycles. The predicted molar refractivity (Wildman–Crippen MR) is 71.5 cm³/mol. The van der Waals surface area contributed by atoms with Crippen molar-refractivity contribution in [2.24, 2.45) is 0 Å². The van der Waals surface area contributed by atoms with Gasteiger partial charge in [-0.1, -0.05) is 12.1 Å². The summed E-state index contributed by atoms with van der Waals surface area (Å²) in [6.07, 6.45) is -2.74. The van der Waals surface area contributed by atoms with Crippen molar-refractivity contribution in [1.29, 1.82) is 0 Å². The van der Waals surface area contributed by atoms with E-state index in [-0.39, 0.29) is 18.2 Å². The van der Waals surface area contributed by atoms with Crippen LogP contribution in [0.1, 0.15) is 11.1 Å². The SMILES string of the molecule is O=[N+]([O-])c1ccnc(OCCc2ccc(C(F)(F)F)cc2)c1.